The zero-order valence-corrected chi connectivity index (χ0v) is 15.6. The van der Waals surface area contributed by atoms with Gasteiger partial charge < -0.3 is 10.6 Å². The third-order valence-corrected chi connectivity index (χ3v) is 5.02. The van der Waals surface area contributed by atoms with Crippen LogP contribution in [0.3, 0.4) is 0 Å². The molecule has 2 aromatic carbocycles. The largest absolute Gasteiger partial charge is 0.355 e. The number of hydrogen-bond acceptors (Lipinski definition) is 4. The molecule has 0 saturated carbocycles. The van der Waals surface area contributed by atoms with Crippen molar-refractivity contribution in [1.29, 1.82) is 0 Å². The van der Waals surface area contributed by atoms with Gasteiger partial charge in [0.05, 0.1) is 10.6 Å². The second-order valence-electron chi connectivity index (χ2n) is 5.70. The third kappa shape index (κ3) is 5.27. The minimum Gasteiger partial charge on any atom is -0.355 e. The van der Waals surface area contributed by atoms with E-state index >= 15 is 0 Å². The molecule has 0 aliphatic carbocycles. The van der Waals surface area contributed by atoms with Crippen LogP contribution in [0.2, 0.25) is 0 Å². The summed E-state index contributed by atoms with van der Waals surface area (Å²) in [5.41, 5.74) is 0.0195. The minimum absolute atomic E-state index is 0.126. The fourth-order valence-electron chi connectivity index (χ4n) is 2.21. The Morgan fingerprint density at radius 1 is 1.07 bits per heavy atom. The molecular formula is C18H20FN3O4S. The molecule has 9 heteroatoms. The van der Waals surface area contributed by atoms with Crippen molar-refractivity contribution in [3.05, 3.63) is 59.9 Å². The summed E-state index contributed by atoms with van der Waals surface area (Å²) in [4.78, 5) is 23.7. The van der Waals surface area contributed by atoms with Crippen molar-refractivity contribution < 1.29 is 22.4 Å². The zero-order valence-electron chi connectivity index (χ0n) is 14.8. The van der Waals surface area contributed by atoms with Crippen LogP contribution in [0.5, 0.6) is 0 Å². The van der Waals surface area contributed by atoms with E-state index < -0.39 is 27.8 Å². The summed E-state index contributed by atoms with van der Waals surface area (Å²) in [6.07, 6.45) is 0. The monoisotopic (exact) mass is 393 g/mol. The van der Waals surface area contributed by atoms with E-state index in [0.29, 0.717) is 6.54 Å². The molecule has 3 N–H and O–H groups in total. The molecule has 0 fully saturated rings. The summed E-state index contributed by atoms with van der Waals surface area (Å²) in [6, 6.07) is 9.75. The predicted octanol–water partition coefficient (Wildman–Crippen LogP) is 1.88. The predicted molar refractivity (Wildman–Crippen MR) is 99.3 cm³/mol. The molecule has 7 nitrogen and oxygen atoms in total. The molecule has 144 valence electrons. The van der Waals surface area contributed by atoms with Gasteiger partial charge in [-0.15, -0.1) is 0 Å². The first-order valence-corrected chi connectivity index (χ1v) is 9.69. The number of halogens is 1. The second-order valence-corrected chi connectivity index (χ2v) is 7.38. The molecule has 2 amide bonds. The van der Waals surface area contributed by atoms with Gasteiger partial charge in [-0.1, -0.05) is 12.1 Å². The molecule has 0 aliphatic rings. The van der Waals surface area contributed by atoms with Crippen molar-refractivity contribution in [2.45, 2.75) is 24.8 Å². The van der Waals surface area contributed by atoms with Crippen molar-refractivity contribution in [2.75, 3.05) is 11.3 Å². The van der Waals surface area contributed by atoms with Crippen molar-refractivity contribution in [3.63, 3.8) is 0 Å². The Labute approximate surface area is 157 Å². The van der Waals surface area contributed by atoms with E-state index in [1.807, 2.05) is 0 Å². The number of anilines is 1. The highest BCUT2D eigenvalue weighted by Crippen LogP contribution is 2.19. The summed E-state index contributed by atoms with van der Waals surface area (Å²) >= 11 is 0. The number of carbonyl (C=O) groups is 2. The maximum Gasteiger partial charge on any atom is 0.261 e. The van der Waals surface area contributed by atoms with Gasteiger partial charge in [-0.3, -0.25) is 14.3 Å². The maximum atomic E-state index is 13.6. The average molecular weight is 393 g/mol. The molecule has 0 unspecified atom stereocenters. The van der Waals surface area contributed by atoms with Crippen LogP contribution in [0.1, 0.15) is 24.2 Å². The standard InChI is InChI=1S/C18H20FN3O4S/c1-3-20-17(23)12(2)21-18(24)13-8-10-14(11-9-13)27(25,26)22-16-7-5-4-6-15(16)19/h4-12,22H,3H2,1-2H3,(H,20,23)(H,21,24)/t12-/m0/s1. The van der Waals surface area contributed by atoms with Crippen molar-refractivity contribution in [3.8, 4) is 0 Å². The molecule has 0 radical (unpaired) electrons. The Bertz CT molecular complexity index is 930. The van der Waals surface area contributed by atoms with Gasteiger partial charge in [0, 0.05) is 12.1 Å². The lowest BCUT2D eigenvalue weighted by atomic mass is 10.2. The fourth-order valence-corrected chi connectivity index (χ4v) is 3.27. The van der Waals surface area contributed by atoms with Gasteiger partial charge in [0.2, 0.25) is 5.91 Å². The molecule has 0 heterocycles. The number of likely N-dealkylation sites (N-methyl/N-ethyl adjacent to an activating group) is 1. The first-order valence-electron chi connectivity index (χ1n) is 8.20. The topological polar surface area (TPSA) is 104 Å². The molecule has 2 rings (SSSR count). The Morgan fingerprint density at radius 2 is 1.70 bits per heavy atom. The van der Waals surface area contributed by atoms with Crippen LogP contribution in [0, 0.1) is 5.82 Å². The van der Waals surface area contributed by atoms with Gasteiger partial charge in [0.25, 0.3) is 15.9 Å². The number of carbonyl (C=O) groups excluding carboxylic acids is 2. The van der Waals surface area contributed by atoms with Gasteiger partial charge in [0.15, 0.2) is 0 Å². The molecule has 0 spiro atoms. The summed E-state index contributed by atoms with van der Waals surface area (Å²) in [5.74, 6) is -1.53. The average Bonchev–Trinajstić information content (AvgIpc) is 2.63. The number of nitrogens with one attached hydrogen (secondary N) is 3. The molecule has 0 aliphatic heterocycles. The lowest BCUT2D eigenvalue weighted by Gasteiger charge is -2.13. The van der Waals surface area contributed by atoms with Crippen molar-refractivity contribution in [1.82, 2.24) is 10.6 Å². The van der Waals surface area contributed by atoms with Crippen LogP contribution < -0.4 is 15.4 Å². The molecule has 27 heavy (non-hydrogen) atoms. The van der Waals surface area contributed by atoms with E-state index in [1.165, 1.54) is 42.5 Å². The summed E-state index contributed by atoms with van der Waals surface area (Å²) in [7, 11) is -4.01. The first kappa shape index (κ1) is 20.4. The smallest absolute Gasteiger partial charge is 0.261 e. The summed E-state index contributed by atoms with van der Waals surface area (Å²) < 4.78 is 40.5. The second kappa shape index (κ2) is 8.63. The normalized spacial score (nSPS) is 12.1. The summed E-state index contributed by atoms with van der Waals surface area (Å²) in [6.45, 7) is 3.75. The zero-order chi connectivity index (χ0) is 20.0. The lowest BCUT2D eigenvalue weighted by molar-refractivity contribution is -0.122. The highest BCUT2D eigenvalue weighted by atomic mass is 32.2. The van der Waals surface area contributed by atoms with Gasteiger partial charge in [-0.25, -0.2) is 12.8 Å². The molecule has 0 aromatic heterocycles. The number of hydrogen-bond donors (Lipinski definition) is 3. The van der Waals surface area contributed by atoms with Gasteiger partial charge >= 0.3 is 0 Å². The minimum atomic E-state index is -4.01. The van der Waals surface area contributed by atoms with Crippen LogP contribution in [0.25, 0.3) is 0 Å². The maximum absolute atomic E-state index is 13.6. The molecule has 2 aromatic rings. The Morgan fingerprint density at radius 3 is 2.30 bits per heavy atom. The van der Waals surface area contributed by atoms with Crippen molar-refractivity contribution >= 4 is 27.5 Å². The van der Waals surface area contributed by atoms with E-state index in [0.717, 1.165) is 6.07 Å². The highest BCUT2D eigenvalue weighted by Gasteiger charge is 2.19. The number of rotatable bonds is 7. The SMILES string of the molecule is CCNC(=O)[C@H](C)NC(=O)c1ccc(S(=O)(=O)Nc2ccccc2F)cc1. The fraction of sp³-hybridized carbons (Fsp3) is 0.222. The molecule has 0 saturated heterocycles. The molecule has 1 atom stereocenters. The Kier molecular flexibility index (Phi) is 6.51. The number of benzene rings is 2. The summed E-state index contributed by atoms with van der Waals surface area (Å²) in [5, 5.41) is 5.11. The van der Waals surface area contributed by atoms with Gasteiger partial charge in [-0.2, -0.15) is 0 Å². The Balaban J connectivity index is 2.11. The number of para-hydroxylation sites is 1. The van der Waals surface area contributed by atoms with E-state index in [9.17, 15) is 22.4 Å². The van der Waals surface area contributed by atoms with Crippen molar-refractivity contribution in [2.24, 2.45) is 0 Å². The van der Waals surface area contributed by atoms with Crippen LogP contribution >= 0.6 is 0 Å². The van der Waals surface area contributed by atoms with Gasteiger partial charge in [0.1, 0.15) is 11.9 Å². The van der Waals surface area contributed by atoms with Crippen LogP contribution in [-0.2, 0) is 14.8 Å². The number of amides is 2. The van der Waals surface area contributed by atoms with E-state index in [-0.39, 0.29) is 22.1 Å². The third-order valence-electron chi connectivity index (χ3n) is 3.64. The van der Waals surface area contributed by atoms with Crippen LogP contribution in [0.4, 0.5) is 10.1 Å². The highest BCUT2D eigenvalue weighted by molar-refractivity contribution is 7.92. The molecular weight excluding hydrogens is 373 g/mol. The number of sulfonamides is 1. The van der Waals surface area contributed by atoms with Crippen LogP contribution in [0.15, 0.2) is 53.4 Å². The van der Waals surface area contributed by atoms with E-state index in [4.69, 9.17) is 0 Å². The van der Waals surface area contributed by atoms with Crippen LogP contribution in [-0.4, -0.2) is 32.8 Å². The first-order chi connectivity index (χ1) is 12.7. The quantitative estimate of drug-likeness (QED) is 0.668. The van der Waals surface area contributed by atoms with Gasteiger partial charge in [-0.05, 0) is 50.2 Å². The molecule has 0 bridgehead atoms. The van der Waals surface area contributed by atoms with E-state index in [2.05, 4.69) is 15.4 Å². The lowest BCUT2D eigenvalue weighted by Crippen LogP contribution is -2.44. The van der Waals surface area contributed by atoms with E-state index in [1.54, 1.807) is 13.8 Å². The Hall–Kier alpha value is -2.94.